The topological polar surface area (TPSA) is 42.0 Å². The van der Waals surface area contributed by atoms with Crippen molar-refractivity contribution >= 4 is 40.3 Å². The van der Waals surface area contributed by atoms with Crippen molar-refractivity contribution in [3.05, 3.63) is 38.5 Å². The van der Waals surface area contributed by atoms with Crippen LogP contribution in [0.4, 0.5) is 0 Å². The highest BCUT2D eigenvalue weighted by Gasteiger charge is 2.09. The Morgan fingerprint density at radius 2 is 2.29 bits per heavy atom. The Labute approximate surface area is 138 Å². The third kappa shape index (κ3) is 5.80. The van der Waals surface area contributed by atoms with Gasteiger partial charge in [-0.1, -0.05) is 13.8 Å². The molecule has 0 bridgehead atoms. The summed E-state index contributed by atoms with van der Waals surface area (Å²) in [5, 5.41) is 10.3. The van der Waals surface area contributed by atoms with Crippen molar-refractivity contribution in [2.75, 3.05) is 12.3 Å². The summed E-state index contributed by atoms with van der Waals surface area (Å²) < 4.78 is 0. The highest BCUT2D eigenvalue weighted by Crippen LogP contribution is 2.19. The SMILES string of the molecule is CC(C)c1nc(CC(=O)NCCSCc2ccsc2)cs1. The Morgan fingerprint density at radius 3 is 2.95 bits per heavy atom. The number of thiazole rings is 1. The number of aromatic nitrogens is 1. The van der Waals surface area contributed by atoms with Crippen molar-refractivity contribution in [3.8, 4) is 0 Å². The molecule has 0 unspecified atom stereocenters. The Morgan fingerprint density at radius 1 is 1.43 bits per heavy atom. The molecule has 0 aliphatic heterocycles. The molecule has 0 atom stereocenters. The van der Waals surface area contributed by atoms with E-state index in [0.29, 0.717) is 12.3 Å². The molecule has 3 nitrogen and oxygen atoms in total. The maximum atomic E-state index is 11.8. The smallest absolute Gasteiger partial charge is 0.226 e. The molecule has 2 rings (SSSR count). The minimum atomic E-state index is 0.0618. The van der Waals surface area contributed by atoms with Crippen LogP contribution < -0.4 is 5.32 Å². The standard InChI is InChI=1S/C15H20N2OS3/c1-11(2)15-17-13(10-21-15)7-14(18)16-4-6-20-9-12-3-5-19-8-12/h3,5,8,10-11H,4,6-7,9H2,1-2H3,(H,16,18). The van der Waals surface area contributed by atoms with Gasteiger partial charge in [-0.15, -0.1) is 11.3 Å². The summed E-state index contributed by atoms with van der Waals surface area (Å²) in [5.74, 6) is 2.45. The maximum absolute atomic E-state index is 11.8. The average Bonchev–Trinajstić information content (AvgIpc) is 3.09. The van der Waals surface area contributed by atoms with Gasteiger partial charge in [-0.25, -0.2) is 4.98 Å². The lowest BCUT2D eigenvalue weighted by Crippen LogP contribution is -2.27. The van der Waals surface area contributed by atoms with Crippen LogP contribution in [0.1, 0.15) is 36.0 Å². The zero-order chi connectivity index (χ0) is 15.1. The first kappa shape index (κ1) is 16.5. The quantitative estimate of drug-likeness (QED) is 0.741. The first-order valence-corrected chi connectivity index (χ1v) is 9.92. The van der Waals surface area contributed by atoms with Gasteiger partial charge < -0.3 is 5.32 Å². The van der Waals surface area contributed by atoms with E-state index in [1.165, 1.54) is 5.56 Å². The lowest BCUT2D eigenvalue weighted by molar-refractivity contribution is -0.120. The summed E-state index contributed by atoms with van der Waals surface area (Å²) in [4.78, 5) is 16.3. The number of hydrogen-bond acceptors (Lipinski definition) is 5. The fraction of sp³-hybridized carbons (Fsp3) is 0.467. The molecule has 0 fully saturated rings. The molecule has 6 heteroatoms. The van der Waals surface area contributed by atoms with Gasteiger partial charge in [-0.05, 0) is 22.4 Å². The van der Waals surface area contributed by atoms with Gasteiger partial charge in [0.15, 0.2) is 0 Å². The second-order valence-electron chi connectivity index (χ2n) is 5.04. The molecular weight excluding hydrogens is 320 g/mol. The van der Waals surface area contributed by atoms with Crippen molar-refractivity contribution in [2.24, 2.45) is 0 Å². The van der Waals surface area contributed by atoms with Gasteiger partial charge in [0.2, 0.25) is 5.91 Å². The molecule has 0 spiro atoms. The fourth-order valence-electron chi connectivity index (χ4n) is 1.72. The number of nitrogens with zero attached hydrogens (tertiary/aromatic N) is 1. The summed E-state index contributed by atoms with van der Waals surface area (Å²) in [6, 6.07) is 2.14. The van der Waals surface area contributed by atoms with Gasteiger partial charge in [0, 0.05) is 29.3 Å². The van der Waals surface area contributed by atoms with E-state index < -0.39 is 0 Å². The number of thiophene rings is 1. The molecule has 0 aromatic carbocycles. The predicted octanol–water partition coefficient (Wildman–Crippen LogP) is 3.92. The summed E-state index contributed by atoms with van der Waals surface area (Å²) in [7, 11) is 0. The van der Waals surface area contributed by atoms with E-state index in [1.54, 1.807) is 22.7 Å². The third-order valence-electron chi connectivity index (χ3n) is 2.82. The maximum Gasteiger partial charge on any atom is 0.226 e. The summed E-state index contributed by atoms with van der Waals surface area (Å²) in [6.45, 7) is 4.95. The number of hydrogen-bond donors (Lipinski definition) is 1. The van der Waals surface area contributed by atoms with E-state index in [1.807, 2.05) is 17.1 Å². The fourth-order valence-corrected chi connectivity index (χ4v) is 4.14. The first-order valence-electron chi connectivity index (χ1n) is 6.95. The lowest BCUT2D eigenvalue weighted by Gasteiger charge is -2.04. The minimum Gasteiger partial charge on any atom is -0.355 e. The van der Waals surface area contributed by atoms with Gasteiger partial charge in [-0.3, -0.25) is 4.79 Å². The summed E-state index contributed by atoms with van der Waals surface area (Å²) in [6.07, 6.45) is 0.387. The van der Waals surface area contributed by atoms with Crippen LogP contribution >= 0.6 is 34.4 Å². The average molecular weight is 341 g/mol. The molecule has 1 amide bonds. The second-order valence-corrected chi connectivity index (χ2v) is 7.82. The van der Waals surface area contributed by atoms with E-state index in [4.69, 9.17) is 0 Å². The molecule has 2 aromatic rings. The molecule has 2 heterocycles. The van der Waals surface area contributed by atoms with Crippen LogP contribution in [-0.4, -0.2) is 23.2 Å². The summed E-state index contributed by atoms with van der Waals surface area (Å²) in [5.41, 5.74) is 2.24. The second kappa shape index (κ2) is 8.56. The number of thioether (sulfide) groups is 1. The molecule has 0 saturated carbocycles. The van der Waals surface area contributed by atoms with Crippen LogP contribution in [0.2, 0.25) is 0 Å². The van der Waals surface area contributed by atoms with Crippen molar-refractivity contribution in [1.29, 1.82) is 0 Å². The lowest BCUT2D eigenvalue weighted by atomic mass is 10.2. The van der Waals surface area contributed by atoms with Crippen molar-refractivity contribution < 1.29 is 4.79 Å². The Hall–Kier alpha value is -0.850. The number of carbonyl (C=O) groups is 1. The van der Waals surface area contributed by atoms with Crippen LogP contribution in [0.15, 0.2) is 22.2 Å². The Balaban J connectivity index is 1.60. The monoisotopic (exact) mass is 340 g/mol. The molecule has 0 aliphatic rings. The molecule has 0 aliphatic carbocycles. The number of amides is 1. The highest BCUT2D eigenvalue weighted by atomic mass is 32.2. The Bertz CT molecular complexity index is 549. The van der Waals surface area contributed by atoms with E-state index in [0.717, 1.165) is 28.8 Å². The molecule has 114 valence electrons. The summed E-state index contributed by atoms with van der Waals surface area (Å²) >= 11 is 5.21. The molecule has 21 heavy (non-hydrogen) atoms. The van der Waals surface area contributed by atoms with Crippen LogP contribution in [-0.2, 0) is 17.0 Å². The van der Waals surface area contributed by atoms with Crippen LogP contribution in [0.3, 0.4) is 0 Å². The van der Waals surface area contributed by atoms with Crippen molar-refractivity contribution in [2.45, 2.75) is 31.9 Å². The zero-order valence-corrected chi connectivity index (χ0v) is 14.7. The number of rotatable bonds is 8. The van der Waals surface area contributed by atoms with Crippen LogP contribution in [0, 0.1) is 0 Å². The number of carbonyl (C=O) groups excluding carboxylic acids is 1. The van der Waals surface area contributed by atoms with E-state index in [9.17, 15) is 4.79 Å². The van der Waals surface area contributed by atoms with Gasteiger partial charge in [0.1, 0.15) is 0 Å². The Kier molecular flexibility index (Phi) is 6.73. The normalized spacial score (nSPS) is 11.0. The van der Waals surface area contributed by atoms with Crippen molar-refractivity contribution in [1.82, 2.24) is 10.3 Å². The van der Waals surface area contributed by atoms with E-state index in [-0.39, 0.29) is 5.91 Å². The number of nitrogens with one attached hydrogen (secondary N) is 1. The third-order valence-corrected chi connectivity index (χ3v) is 5.78. The van der Waals surface area contributed by atoms with E-state index in [2.05, 4.69) is 41.0 Å². The van der Waals surface area contributed by atoms with E-state index >= 15 is 0 Å². The molecule has 2 aromatic heterocycles. The van der Waals surface area contributed by atoms with Gasteiger partial charge in [0.05, 0.1) is 17.1 Å². The molecule has 0 saturated heterocycles. The minimum absolute atomic E-state index is 0.0618. The van der Waals surface area contributed by atoms with Crippen molar-refractivity contribution in [3.63, 3.8) is 0 Å². The zero-order valence-electron chi connectivity index (χ0n) is 12.3. The van der Waals surface area contributed by atoms with Gasteiger partial charge >= 0.3 is 0 Å². The molecular formula is C15H20N2OS3. The predicted molar refractivity (Wildman–Crippen MR) is 93.4 cm³/mol. The van der Waals surface area contributed by atoms with Crippen LogP contribution in [0.5, 0.6) is 0 Å². The largest absolute Gasteiger partial charge is 0.355 e. The van der Waals surface area contributed by atoms with Gasteiger partial charge in [0.25, 0.3) is 0 Å². The highest BCUT2D eigenvalue weighted by molar-refractivity contribution is 7.98. The van der Waals surface area contributed by atoms with Gasteiger partial charge in [-0.2, -0.15) is 23.1 Å². The molecule has 1 N–H and O–H groups in total. The molecule has 0 radical (unpaired) electrons. The van der Waals surface area contributed by atoms with Crippen LogP contribution in [0.25, 0.3) is 0 Å². The first-order chi connectivity index (χ1) is 10.1.